The summed E-state index contributed by atoms with van der Waals surface area (Å²) < 4.78 is 10.7. The van der Waals surface area contributed by atoms with Gasteiger partial charge in [0.15, 0.2) is 6.61 Å². The van der Waals surface area contributed by atoms with Gasteiger partial charge in [-0.1, -0.05) is 61.5 Å². The number of benzene rings is 3. The van der Waals surface area contributed by atoms with Gasteiger partial charge in [0.1, 0.15) is 12.4 Å². The van der Waals surface area contributed by atoms with Crippen LogP contribution in [0, 0.1) is 0 Å². The quantitative estimate of drug-likeness (QED) is 0.394. The Balaban J connectivity index is 1.42. The van der Waals surface area contributed by atoms with Gasteiger partial charge >= 0.3 is 5.97 Å². The summed E-state index contributed by atoms with van der Waals surface area (Å²) in [5, 5.41) is 2.72. The number of carbonyl (C=O) groups excluding carboxylic acids is 2. The van der Waals surface area contributed by atoms with E-state index in [4.69, 9.17) is 9.47 Å². The minimum Gasteiger partial charge on any atom is -0.489 e. The Hall–Kier alpha value is -3.86. The van der Waals surface area contributed by atoms with Crippen molar-refractivity contribution in [3.63, 3.8) is 0 Å². The lowest BCUT2D eigenvalue weighted by Gasteiger charge is -2.07. The van der Waals surface area contributed by atoms with Gasteiger partial charge in [-0.15, -0.1) is 0 Å². The molecule has 0 aliphatic carbocycles. The maximum Gasteiger partial charge on any atom is 0.331 e. The molecular formula is C26H25NO4. The Morgan fingerprint density at radius 3 is 2.39 bits per heavy atom. The first-order chi connectivity index (χ1) is 15.1. The Morgan fingerprint density at radius 2 is 1.65 bits per heavy atom. The Bertz CT molecular complexity index is 1030. The summed E-state index contributed by atoms with van der Waals surface area (Å²) in [5.74, 6) is -0.218. The van der Waals surface area contributed by atoms with Gasteiger partial charge in [0.25, 0.3) is 5.91 Å². The first-order valence-corrected chi connectivity index (χ1v) is 10.1. The van der Waals surface area contributed by atoms with Gasteiger partial charge < -0.3 is 14.8 Å². The molecule has 3 rings (SSSR count). The van der Waals surface area contributed by atoms with Gasteiger partial charge in [0.05, 0.1) is 0 Å². The predicted octanol–water partition coefficient (Wildman–Crippen LogP) is 5.02. The summed E-state index contributed by atoms with van der Waals surface area (Å²) in [4.78, 5) is 23.9. The molecule has 0 atom stereocenters. The summed E-state index contributed by atoms with van der Waals surface area (Å²) in [6.07, 6.45) is 3.81. The maximum absolute atomic E-state index is 12.0. The lowest BCUT2D eigenvalue weighted by molar-refractivity contribution is -0.142. The monoisotopic (exact) mass is 415 g/mol. The normalized spacial score (nSPS) is 10.6. The smallest absolute Gasteiger partial charge is 0.331 e. The maximum atomic E-state index is 12.0. The van der Waals surface area contributed by atoms with Crippen molar-refractivity contribution >= 4 is 23.6 Å². The van der Waals surface area contributed by atoms with E-state index >= 15 is 0 Å². The fraction of sp³-hybridized carbons (Fsp3) is 0.154. The number of esters is 1. The molecule has 5 nitrogen and oxygen atoms in total. The molecule has 0 unspecified atom stereocenters. The number of carbonyl (C=O) groups is 2. The molecule has 0 radical (unpaired) electrons. The van der Waals surface area contributed by atoms with Gasteiger partial charge in [-0.3, -0.25) is 4.79 Å². The summed E-state index contributed by atoms with van der Waals surface area (Å²) in [7, 11) is 0. The van der Waals surface area contributed by atoms with Crippen molar-refractivity contribution in [2.45, 2.75) is 20.0 Å². The van der Waals surface area contributed by atoms with Crippen molar-refractivity contribution in [1.82, 2.24) is 0 Å². The molecule has 31 heavy (non-hydrogen) atoms. The molecule has 0 spiro atoms. The number of anilines is 1. The Kier molecular flexibility index (Phi) is 8.00. The number of amides is 1. The van der Waals surface area contributed by atoms with Crippen LogP contribution in [0.4, 0.5) is 5.69 Å². The van der Waals surface area contributed by atoms with Gasteiger partial charge in [0, 0.05) is 11.8 Å². The number of rotatable bonds is 9. The van der Waals surface area contributed by atoms with Gasteiger partial charge in [-0.2, -0.15) is 0 Å². The summed E-state index contributed by atoms with van der Waals surface area (Å²) >= 11 is 0. The summed E-state index contributed by atoms with van der Waals surface area (Å²) in [6, 6.07) is 24.8. The lowest BCUT2D eigenvalue weighted by atomic mass is 10.1. The second-order valence-corrected chi connectivity index (χ2v) is 6.89. The zero-order valence-electron chi connectivity index (χ0n) is 17.4. The third kappa shape index (κ3) is 7.48. The molecule has 0 aromatic heterocycles. The van der Waals surface area contributed by atoms with Crippen molar-refractivity contribution in [3.05, 3.63) is 102 Å². The second kappa shape index (κ2) is 11.4. The Labute approximate surface area is 182 Å². The molecule has 3 aromatic rings. The lowest BCUT2D eigenvalue weighted by Crippen LogP contribution is -2.20. The van der Waals surface area contributed by atoms with Crippen LogP contribution in [0.2, 0.25) is 0 Å². The summed E-state index contributed by atoms with van der Waals surface area (Å²) in [6.45, 7) is 2.19. The van der Waals surface area contributed by atoms with Crippen molar-refractivity contribution in [2.24, 2.45) is 0 Å². The molecule has 1 amide bonds. The van der Waals surface area contributed by atoms with E-state index in [2.05, 4.69) is 5.32 Å². The minimum absolute atomic E-state index is 0.341. The zero-order chi connectivity index (χ0) is 21.9. The molecule has 1 N–H and O–H groups in total. The molecule has 0 saturated heterocycles. The van der Waals surface area contributed by atoms with E-state index in [9.17, 15) is 9.59 Å². The van der Waals surface area contributed by atoms with Crippen LogP contribution in [0.5, 0.6) is 5.75 Å². The van der Waals surface area contributed by atoms with E-state index < -0.39 is 5.97 Å². The van der Waals surface area contributed by atoms with Crippen LogP contribution in [0.25, 0.3) is 6.08 Å². The third-order valence-electron chi connectivity index (χ3n) is 4.50. The van der Waals surface area contributed by atoms with E-state index in [0.717, 1.165) is 28.9 Å². The van der Waals surface area contributed by atoms with E-state index in [0.29, 0.717) is 12.3 Å². The molecule has 5 heteroatoms. The average molecular weight is 415 g/mol. The number of nitrogens with one attached hydrogen (secondary N) is 1. The predicted molar refractivity (Wildman–Crippen MR) is 122 cm³/mol. The van der Waals surface area contributed by atoms with Crippen molar-refractivity contribution in [3.8, 4) is 5.75 Å². The molecule has 0 saturated carbocycles. The highest BCUT2D eigenvalue weighted by Crippen LogP contribution is 2.15. The SMILES string of the molecule is CCc1cccc(NC(=O)COC(=O)/C=C/c2ccc(OCc3ccccc3)cc2)c1. The van der Waals surface area contributed by atoms with Crippen LogP contribution in [0.1, 0.15) is 23.6 Å². The fourth-order valence-electron chi connectivity index (χ4n) is 2.83. The highest BCUT2D eigenvalue weighted by atomic mass is 16.5. The molecule has 0 heterocycles. The van der Waals surface area contributed by atoms with Gasteiger partial charge in [-0.25, -0.2) is 4.79 Å². The van der Waals surface area contributed by atoms with Crippen LogP contribution in [0.3, 0.4) is 0 Å². The van der Waals surface area contributed by atoms with Crippen LogP contribution in [-0.4, -0.2) is 18.5 Å². The minimum atomic E-state index is -0.582. The van der Waals surface area contributed by atoms with Crippen molar-refractivity contribution in [2.75, 3.05) is 11.9 Å². The topological polar surface area (TPSA) is 64.6 Å². The van der Waals surface area contributed by atoms with E-state index in [1.807, 2.05) is 79.7 Å². The third-order valence-corrected chi connectivity index (χ3v) is 4.50. The first kappa shape index (κ1) is 21.8. The van der Waals surface area contributed by atoms with Gasteiger partial charge in [-0.05, 0) is 53.5 Å². The fourth-order valence-corrected chi connectivity index (χ4v) is 2.83. The highest BCUT2D eigenvalue weighted by Gasteiger charge is 2.06. The highest BCUT2D eigenvalue weighted by molar-refractivity contribution is 5.94. The van der Waals surface area contributed by atoms with E-state index in [1.165, 1.54) is 6.08 Å². The molecule has 158 valence electrons. The average Bonchev–Trinajstić information content (AvgIpc) is 2.81. The molecular weight excluding hydrogens is 390 g/mol. The van der Waals surface area contributed by atoms with Crippen molar-refractivity contribution in [1.29, 1.82) is 0 Å². The van der Waals surface area contributed by atoms with Crippen LogP contribution >= 0.6 is 0 Å². The number of ether oxygens (including phenoxy) is 2. The summed E-state index contributed by atoms with van der Waals surface area (Å²) in [5.41, 5.74) is 3.72. The molecule has 0 aliphatic heterocycles. The number of aryl methyl sites for hydroxylation is 1. The van der Waals surface area contributed by atoms with Crippen molar-refractivity contribution < 1.29 is 19.1 Å². The number of hydrogen-bond acceptors (Lipinski definition) is 4. The van der Waals surface area contributed by atoms with E-state index in [-0.39, 0.29) is 12.5 Å². The number of hydrogen-bond donors (Lipinski definition) is 1. The van der Waals surface area contributed by atoms with Crippen LogP contribution in [0.15, 0.2) is 84.9 Å². The van der Waals surface area contributed by atoms with Gasteiger partial charge in [0.2, 0.25) is 0 Å². The Morgan fingerprint density at radius 1 is 0.903 bits per heavy atom. The molecule has 0 bridgehead atoms. The molecule has 3 aromatic carbocycles. The molecule has 0 fully saturated rings. The molecule has 0 aliphatic rings. The standard InChI is InChI=1S/C26H25NO4/c1-2-20-9-6-10-23(17-20)27-25(28)19-31-26(29)16-13-21-11-14-24(15-12-21)30-18-22-7-4-3-5-8-22/h3-17H,2,18-19H2,1H3,(H,27,28)/b16-13+. The largest absolute Gasteiger partial charge is 0.489 e. The van der Waals surface area contributed by atoms with E-state index in [1.54, 1.807) is 12.1 Å². The van der Waals surface area contributed by atoms with Crippen LogP contribution in [-0.2, 0) is 27.4 Å². The first-order valence-electron chi connectivity index (χ1n) is 10.1. The van der Waals surface area contributed by atoms with Crippen LogP contribution < -0.4 is 10.1 Å². The second-order valence-electron chi connectivity index (χ2n) is 6.89. The zero-order valence-corrected chi connectivity index (χ0v) is 17.4.